The Balaban J connectivity index is 0.00000225. The summed E-state index contributed by atoms with van der Waals surface area (Å²) in [6.07, 6.45) is -5.30. The van der Waals surface area contributed by atoms with Gasteiger partial charge in [0.05, 0.1) is 11.4 Å². The fourth-order valence-corrected chi connectivity index (χ4v) is 1.62. The highest BCUT2D eigenvalue weighted by Crippen LogP contribution is 2.31. The number of hydrogen-bond acceptors (Lipinski definition) is 1. The van der Waals surface area contributed by atoms with Crippen LogP contribution >= 0.6 is 39.9 Å². The molecule has 92 valence electrons. The molecule has 16 heavy (non-hydrogen) atoms. The first-order valence-electron chi connectivity index (χ1n) is 4.07. The van der Waals surface area contributed by atoms with Crippen LogP contribution in [0.2, 0.25) is 5.02 Å². The van der Waals surface area contributed by atoms with Crippen molar-refractivity contribution >= 4 is 39.9 Å². The summed E-state index contributed by atoms with van der Waals surface area (Å²) in [6.45, 7) is 0. The van der Waals surface area contributed by atoms with Gasteiger partial charge in [0.25, 0.3) is 0 Å². The molecule has 0 spiro atoms. The topological polar surface area (TPSA) is 26.0 Å². The summed E-state index contributed by atoms with van der Waals surface area (Å²) in [5.41, 5.74) is 5.82. The molecular weight excluding hydrogens is 330 g/mol. The van der Waals surface area contributed by atoms with Crippen molar-refractivity contribution in [3.05, 3.63) is 33.3 Å². The van der Waals surface area contributed by atoms with Crippen molar-refractivity contribution in [1.29, 1.82) is 0 Å². The van der Waals surface area contributed by atoms with E-state index in [4.69, 9.17) is 17.3 Å². The molecule has 7 heteroatoms. The summed E-state index contributed by atoms with van der Waals surface area (Å²) in [7, 11) is 0. The van der Waals surface area contributed by atoms with Gasteiger partial charge in [-0.25, -0.2) is 0 Å². The summed E-state index contributed by atoms with van der Waals surface area (Å²) in [5, 5.41) is 0.443. The van der Waals surface area contributed by atoms with Crippen LogP contribution in [0, 0.1) is 0 Å². The normalized spacial score (nSPS) is 13.1. The molecule has 0 aliphatic heterocycles. The average molecular weight is 339 g/mol. The molecule has 0 aliphatic rings. The van der Waals surface area contributed by atoms with Crippen LogP contribution in [0.5, 0.6) is 0 Å². The summed E-state index contributed by atoms with van der Waals surface area (Å²) in [5.74, 6) is 0. The Morgan fingerprint density at radius 1 is 1.38 bits per heavy atom. The second-order valence-corrected chi connectivity index (χ2v) is 4.36. The fraction of sp³-hybridized carbons (Fsp3) is 0.333. The van der Waals surface area contributed by atoms with Crippen molar-refractivity contribution in [3.8, 4) is 0 Å². The van der Waals surface area contributed by atoms with Gasteiger partial charge in [0.2, 0.25) is 0 Å². The Bertz CT molecular complexity index is 357. The lowest BCUT2D eigenvalue weighted by molar-refractivity contribution is -0.138. The first kappa shape index (κ1) is 16.0. The molecule has 0 aliphatic carbocycles. The Morgan fingerprint density at radius 3 is 2.38 bits per heavy atom. The van der Waals surface area contributed by atoms with Crippen LogP contribution in [0.4, 0.5) is 13.2 Å². The highest BCUT2D eigenvalue weighted by atomic mass is 79.9. The molecular formula is C9H9BrCl2F3N. The molecule has 0 heterocycles. The van der Waals surface area contributed by atoms with Crippen LogP contribution in [0.15, 0.2) is 22.7 Å². The minimum Gasteiger partial charge on any atom is -0.324 e. The van der Waals surface area contributed by atoms with Crippen LogP contribution in [0.1, 0.15) is 18.0 Å². The molecule has 1 rings (SSSR count). The maximum atomic E-state index is 12.1. The SMILES string of the molecule is Cl.N[C@H](CC(F)(F)F)c1ccc(Cl)c(Br)c1. The van der Waals surface area contributed by atoms with Crippen LogP contribution < -0.4 is 5.73 Å². The molecule has 0 amide bonds. The van der Waals surface area contributed by atoms with E-state index in [0.717, 1.165) is 0 Å². The summed E-state index contributed by atoms with van der Waals surface area (Å²) in [6, 6.07) is 3.44. The second kappa shape index (κ2) is 6.10. The van der Waals surface area contributed by atoms with Gasteiger partial charge in [0, 0.05) is 10.5 Å². The maximum Gasteiger partial charge on any atom is 0.390 e. The first-order chi connectivity index (χ1) is 6.79. The van der Waals surface area contributed by atoms with E-state index in [9.17, 15) is 13.2 Å². The van der Waals surface area contributed by atoms with E-state index in [-0.39, 0.29) is 12.4 Å². The van der Waals surface area contributed by atoms with Crippen LogP contribution in [-0.2, 0) is 0 Å². The number of benzene rings is 1. The molecule has 1 nitrogen and oxygen atoms in total. The van der Waals surface area contributed by atoms with Gasteiger partial charge >= 0.3 is 6.18 Å². The molecule has 0 bridgehead atoms. The molecule has 0 radical (unpaired) electrons. The lowest BCUT2D eigenvalue weighted by atomic mass is 10.0. The van der Waals surface area contributed by atoms with Gasteiger partial charge in [-0.05, 0) is 33.6 Å². The van der Waals surface area contributed by atoms with Crippen molar-refractivity contribution in [2.24, 2.45) is 5.73 Å². The van der Waals surface area contributed by atoms with Gasteiger partial charge in [-0.2, -0.15) is 13.2 Å². The van der Waals surface area contributed by atoms with Crippen LogP contribution in [0.3, 0.4) is 0 Å². The van der Waals surface area contributed by atoms with Gasteiger partial charge in [-0.1, -0.05) is 17.7 Å². The second-order valence-electron chi connectivity index (χ2n) is 3.10. The van der Waals surface area contributed by atoms with Gasteiger partial charge < -0.3 is 5.73 Å². The van der Waals surface area contributed by atoms with E-state index >= 15 is 0 Å². The summed E-state index contributed by atoms with van der Waals surface area (Å²) in [4.78, 5) is 0. The van der Waals surface area contributed by atoms with Crippen LogP contribution in [-0.4, -0.2) is 6.18 Å². The molecule has 1 aromatic rings. The largest absolute Gasteiger partial charge is 0.390 e. The Kier molecular flexibility index (Phi) is 6.11. The lowest BCUT2D eigenvalue weighted by Crippen LogP contribution is -2.20. The van der Waals surface area contributed by atoms with Crippen molar-refractivity contribution < 1.29 is 13.2 Å². The van der Waals surface area contributed by atoms with Crippen molar-refractivity contribution in [1.82, 2.24) is 0 Å². The minimum atomic E-state index is -4.26. The number of hydrogen-bond donors (Lipinski definition) is 1. The van der Waals surface area contributed by atoms with Crippen molar-refractivity contribution in [2.45, 2.75) is 18.6 Å². The third-order valence-corrected chi connectivity index (χ3v) is 3.04. The van der Waals surface area contributed by atoms with E-state index < -0.39 is 18.6 Å². The van der Waals surface area contributed by atoms with Crippen molar-refractivity contribution in [2.75, 3.05) is 0 Å². The number of halogens is 6. The van der Waals surface area contributed by atoms with Gasteiger partial charge in [-0.3, -0.25) is 0 Å². The zero-order valence-electron chi connectivity index (χ0n) is 7.89. The molecule has 0 aromatic heterocycles. The molecule has 0 saturated heterocycles. The summed E-state index contributed by atoms with van der Waals surface area (Å²) >= 11 is 8.83. The molecule has 1 atom stereocenters. The summed E-state index contributed by atoms with van der Waals surface area (Å²) < 4.78 is 36.7. The Morgan fingerprint density at radius 2 is 1.94 bits per heavy atom. The van der Waals surface area contributed by atoms with Crippen LogP contribution in [0.25, 0.3) is 0 Å². The van der Waals surface area contributed by atoms with E-state index in [1.54, 1.807) is 0 Å². The zero-order valence-corrected chi connectivity index (χ0v) is 11.1. The van der Waals surface area contributed by atoms with E-state index in [2.05, 4.69) is 15.9 Å². The monoisotopic (exact) mass is 337 g/mol. The number of alkyl halides is 3. The van der Waals surface area contributed by atoms with Crippen molar-refractivity contribution in [3.63, 3.8) is 0 Å². The lowest BCUT2D eigenvalue weighted by Gasteiger charge is -2.14. The van der Waals surface area contributed by atoms with Gasteiger partial charge in [0.1, 0.15) is 0 Å². The zero-order chi connectivity index (χ0) is 11.6. The van der Waals surface area contributed by atoms with E-state index in [1.807, 2.05) is 0 Å². The standard InChI is InChI=1S/C9H8BrClF3N.ClH/c10-6-3-5(1-2-7(6)11)8(15)4-9(12,13)14;/h1-3,8H,4,15H2;1H/t8-;/m1./s1. The first-order valence-corrected chi connectivity index (χ1v) is 5.24. The molecule has 0 saturated carbocycles. The quantitative estimate of drug-likeness (QED) is 0.845. The molecule has 0 unspecified atom stereocenters. The third-order valence-electron chi connectivity index (χ3n) is 1.82. The third kappa shape index (κ3) is 4.91. The molecule has 1 aromatic carbocycles. The number of nitrogens with two attached hydrogens (primary N) is 1. The van der Waals surface area contributed by atoms with E-state index in [1.165, 1.54) is 18.2 Å². The molecule has 0 fully saturated rings. The Hall–Kier alpha value is 0.0300. The Labute approximate surface area is 111 Å². The number of rotatable bonds is 2. The van der Waals surface area contributed by atoms with Gasteiger partial charge in [0.15, 0.2) is 0 Å². The minimum absolute atomic E-state index is 0. The fourth-order valence-electron chi connectivity index (χ4n) is 1.11. The average Bonchev–Trinajstić information content (AvgIpc) is 2.06. The van der Waals surface area contributed by atoms with Gasteiger partial charge in [-0.15, -0.1) is 12.4 Å². The predicted molar refractivity (Wildman–Crippen MR) is 64.0 cm³/mol. The molecule has 2 N–H and O–H groups in total. The smallest absolute Gasteiger partial charge is 0.324 e. The van der Waals surface area contributed by atoms with E-state index in [0.29, 0.717) is 15.1 Å². The maximum absolute atomic E-state index is 12.1. The highest BCUT2D eigenvalue weighted by molar-refractivity contribution is 9.10. The highest BCUT2D eigenvalue weighted by Gasteiger charge is 2.30. The predicted octanol–water partition coefficient (Wildman–Crippen LogP) is 4.48.